The van der Waals surface area contributed by atoms with Crippen LogP contribution in [0.15, 0.2) is 0 Å². The molecule has 0 rings (SSSR count). The second-order valence-electron chi connectivity index (χ2n) is 15.1. The number of amides is 10. The van der Waals surface area contributed by atoms with Gasteiger partial charge in [0.25, 0.3) is 0 Å². The topological polar surface area (TPSA) is 489 Å². The summed E-state index contributed by atoms with van der Waals surface area (Å²) in [5.74, 6) is -15.6. The van der Waals surface area contributed by atoms with Crippen LogP contribution in [0, 0.1) is 5.92 Å². The third kappa shape index (κ3) is 23.6. The second kappa shape index (κ2) is 30.2. The first-order chi connectivity index (χ1) is 30.7. The summed E-state index contributed by atoms with van der Waals surface area (Å²) in [6.45, 7) is 2.88. The van der Waals surface area contributed by atoms with Crippen LogP contribution >= 0.6 is 0 Å². The molecule has 0 unspecified atom stereocenters. The Morgan fingerprint density at radius 3 is 1.47 bits per heavy atom. The number of hydrogen-bond donors (Lipinski definition) is 16. The van der Waals surface area contributed by atoms with Crippen molar-refractivity contribution in [1.82, 2.24) is 47.9 Å². The van der Waals surface area contributed by atoms with Gasteiger partial charge in [-0.1, -0.05) is 13.8 Å². The van der Waals surface area contributed by atoms with Gasteiger partial charge in [-0.2, -0.15) is 0 Å². The van der Waals surface area contributed by atoms with Gasteiger partial charge in [0.05, 0.1) is 38.6 Å². The van der Waals surface area contributed by atoms with Crippen LogP contribution in [0.4, 0.5) is 0 Å². The monoisotopic (exact) mass is 946 g/mol. The number of aliphatic hydroxyl groups excluding tert-OH is 1. The van der Waals surface area contributed by atoms with Crippen LogP contribution in [0.25, 0.3) is 0 Å². The number of nitrogens with two attached hydrogens (primary N) is 3. The van der Waals surface area contributed by atoms with Gasteiger partial charge in [-0.3, -0.25) is 62.3 Å². The SMILES string of the molecule is CC(C)[C@H](NC(=O)[C@H](CC(=O)O)NC(=O)[C@H](CCC(=O)O)NC(=O)[C@H](C)N)C(=O)NCC(=O)N[C@@H](CO)C(=O)N[C@@H](CC(N)=O)C(=O)N[C@@H](CCCCN)C(=O)NCC(=O)N[C@@H](C)C(=O)O. The van der Waals surface area contributed by atoms with E-state index in [1.165, 1.54) is 27.7 Å². The molecule has 0 aliphatic heterocycles. The van der Waals surface area contributed by atoms with E-state index in [1.54, 1.807) is 0 Å². The molecule has 19 N–H and O–H groups in total. The van der Waals surface area contributed by atoms with Gasteiger partial charge in [-0.25, -0.2) is 0 Å². The Balaban J connectivity index is 5.88. The predicted octanol–water partition coefficient (Wildman–Crippen LogP) is -7.94. The van der Waals surface area contributed by atoms with Gasteiger partial charge in [0.15, 0.2) is 0 Å². The maximum Gasteiger partial charge on any atom is 0.325 e. The third-order valence-corrected chi connectivity index (χ3v) is 9.00. The molecule has 29 nitrogen and oxygen atoms in total. The van der Waals surface area contributed by atoms with Crippen molar-refractivity contribution >= 4 is 77.0 Å². The summed E-state index contributed by atoms with van der Waals surface area (Å²) in [6.07, 6.45) is -2.34. The number of nitrogens with one attached hydrogen (secondary N) is 9. The van der Waals surface area contributed by atoms with Crippen LogP contribution in [-0.2, 0) is 62.3 Å². The highest BCUT2D eigenvalue weighted by atomic mass is 16.4. The Bertz CT molecular complexity index is 1780. The van der Waals surface area contributed by atoms with E-state index in [9.17, 15) is 72.5 Å². The highest BCUT2D eigenvalue weighted by molar-refractivity contribution is 5.99. The molecule has 0 aromatic carbocycles. The molecule has 29 heteroatoms. The lowest BCUT2D eigenvalue weighted by molar-refractivity contribution is -0.142. The zero-order valence-electron chi connectivity index (χ0n) is 36.8. The lowest BCUT2D eigenvalue weighted by atomic mass is 10.0. The highest BCUT2D eigenvalue weighted by Crippen LogP contribution is 2.07. The van der Waals surface area contributed by atoms with Crippen molar-refractivity contribution in [2.75, 3.05) is 26.2 Å². The van der Waals surface area contributed by atoms with Crippen molar-refractivity contribution in [2.24, 2.45) is 23.1 Å². The Labute approximate surface area is 377 Å². The molecule has 0 fully saturated rings. The van der Waals surface area contributed by atoms with Crippen molar-refractivity contribution in [2.45, 2.75) is 121 Å². The minimum Gasteiger partial charge on any atom is -0.481 e. The van der Waals surface area contributed by atoms with E-state index in [2.05, 4.69) is 47.9 Å². The Hall–Kier alpha value is -7.01. The van der Waals surface area contributed by atoms with Crippen LogP contribution in [0.5, 0.6) is 0 Å². The molecule has 0 radical (unpaired) electrons. The molecule has 372 valence electrons. The minimum atomic E-state index is -1.87. The zero-order chi connectivity index (χ0) is 50.8. The summed E-state index contributed by atoms with van der Waals surface area (Å²) >= 11 is 0. The van der Waals surface area contributed by atoms with Crippen LogP contribution in [0.1, 0.15) is 72.6 Å². The van der Waals surface area contributed by atoms with Crippen molar-refractivity contribution in [3.05, 3.63) is 0 Å². The number of carboxylic acid groups (broad SMARTS) is 3. The molecule has 0 heterocycles. The van der Waals surface area contributed by atoms with E-state index >= 15 is 0 Å². The largest absolute Gasteiger partial charge is 0.481 e. The Morgan fingerprint density at radius 2 is 0.985 bits per heavy atom. The van der Waals surface area contributed by atoms with E-state index in [1.807, 2.05) is 0 Å². The molecule has 0 saturated heterocycles. The van der Waals surface area contributed by atoms with Gasteiger partial charge in [0.2, 0.25) is 59.1 Å². The summed E-state index contributed by atoms with van der Waals surface area (Å²) in [5.41, 5.74) is 16.3. The van der Waals surface area contributed by atoms with Crippen molar-refractivity contribution in [3.8, 4) is 0 Å². The van der Waals surface area contributed by atoms with Crippen LogP contribution < -0.4 is 65.1 Å². The zero-order valence-corrected chi connectivity index (χ0v) is 36.8. The van der Waals surface area contributed by atoms with Crippen molar-refractivity contribution in [1.29, 1.82) is 0 Å². The Kier molecular flexibility index (Phi) is 27.0. The van der Waals surface area contributed by atoms with Gasteiger partial charge < -0.3 is 85.5 Å². The summed E-state index contributed by atoms with van der Waals surface area (Å²) in [4.78, 5) is 162. The van der Waals surface area contributed by atoms with Crippen LogP contribution in [0.3, 0.4) is 0 Å². The standard InChI is InChI=1S/C37H62N12O17/c1-16(2)29(49-34(62)22(12-28(56)57)48-32(60)20(8-9-27(54)55)45-30(58)17(3)39)36(64)42-14-26(53)44-23(15-50)35(63)47-21(11-24(40)51)33(61)46-19(7-5-6-10-38)31(59)41-13-25(52)43-18(4)37(65)66/h16-23,29,50H,5-15,38-39H2,1-4H3,(H2,40,51)(H,41,59)(H,42,64)(H,43,52)(H,44,53)(H,45,58)(H,46,61)(H,47,63)(H,48,60)(H,49,62)(H,54,55)(H,56,57)(H,65,66)/t17-,18-,19-,20-,21-,22-,23-,29-/m0/s1. The van der Waals surface area contributed by atoms with E-state index < -0.39 is 177 Å². The molecular weight excluding hydrogens is 884 g/mol. The minimum absolute atomic E-state index is 0.0480. The molecule has 0 aliphatic carbocycles. The van der Waals surface area contributed by atoms with Gasteiger partial charge in [-0.15, -0.1) is 0 Å². The summed E-state index contributed by atoms with van der Waals surface area (Å²) < 4.78 is 0. The fraction of sp³-hybridized carbons (Fsp3) is 0.649. The van der Waals surface area contributed by atoms with Gasteiger partial charge in [0, 0.05) is 6.42 Å². The molecule has 10 amide bonds. The number of unbranched alkanes of at least 4 members (excludes halogenated alkanes) is 1. The molecule has 0 spiro atoms. The number of aliphatic hydroxyl groups is 1. The molecule has 0 aromatic heterocycles. The van der Waals surface area contributed by atoms with Crippen molar-refractivity contribution < 1.29 is 82.8 Å². The number of hydrogen-bond acceptors (Lipinski definition) is 16. The second-order valence-corrected chi connectivity index (χ2v) is 15.1. The third-order valence-electron chi connectivity index (χ3n) is 9.00. The van der Waals surface area contributed by atoms with E-state index in [0.29, 0.717) is 6.42 Å². The van der Waals surface area contributed by atoms with Gasteiger partial charge in [0.1, 0.15) is 42.3 Å². The highest BCUT2D eigenvalue weighted by Gasteiger charge is 2.34. The molecule has 8 atom stereocenters. The van der Waals surface area contributed by atoms with E-state index in [0.717, 1.165) is 0 Å². The van der Waals surface area contributed by atoms with Gasteiger partial charge in [-0.05, 0) is 52.0 Å². The molecule has 0 aromatic rings. The molecular formula is C37H62N12O17. The first-order valence-corrected chi connectivity index (χ1v) is 20.4. The first-order valence-electron chi connectivity index (χ1n) is 20.4. The number of aliphatic carboxylic acids is 3. The maximum atomic E-state index is 13.3. The lowest BCUT2D eigenvalue weighted by Crippen LogP contribution is -2.60. The van der Waals surface area contributed by atoms with E-state index in [4.69, 9.17) is 27.4 Å². The lowest BCUT2D eigenvalue weighted by Gasteiger charge is -2.26. The molecule has 0 saturated carbocycles. The number of carbonyl (C=O) groups is 13. The molecule has 0 aliphatic rings. The number of rotatable bonds is 32. The average Bonchev–Trinajstić information content (AvgIpc) is 3.22. The Morgan fingerprint density at radius 1 is 0.515 bits per heavy atom. The van der Waals surface area contributed by atoms with Gasteiger partial charge >= 0.3 is 17.9 Å². The number of carbonyl (C=O) groups excluding carboxylic acids is 10. The quantitative estimate of drug-likeness (QED) is 0.0279. The number of carboxylic acids is 3. The summed E-state index contributed by atoms with van der Waals surface area (Å²) in [5, 5.41) is 57.1. The smallest absolute Gasteiger partial charge is 0.325 e. The number of primary amides is 1. The first kappa shape index (κ1) is 59.0. The van der Waals surface area contributed by atoms with Crippen molar-refractivity contribution in [3.63, 3.8) is 0 Å². The maximum absolute atomic E-state index is 13.3. The average molecular weight is 947 g/mol. The summed E-state index contributed by atoms with van der Waals surface area (Å²) in [6, 6.07) is -12.3. The normalized spacial score (nSPS) is 14.4. The molecule has 0 bridgehead atoms. The predicted molar refractivity (Wildman–Crippen MR) is 224 cm³/mol. The van der Waals surface area contributed by atoms with Crippen LogP contribution in [0.2, 0.25) is 0 Å². The fourth-order valence-electron chi connectivity index (χ4n) is 5.36. The fourth-order valence-corrected chi connectivity index (χ4v) is 5.36. The summed E-state index contributed by atoms with van der Waals surface area (Å²) in [7, 11) is 0. The van der Waals surface area contributed by atoms with Crippen LogP contribution in [-0.4, -0.2) is 172 Å². The molecule has 66 heavy (non-hydrogen) atoms. The van der Waals surface area contributed by atoms with E-state index in [-0.39, 0.29) is 19.4 Å².